The van der Waals surface area contributed by atoms with Crippen LogP contribution < -0.4 is 10.6 Å². The van der Waals surface area contributed by atoms with E-state index in [2.05, 4.69) is 15.6 Å². The first-order valence-electron chi connectivity index (χ1n) is 9.35. The lowest BCUT2D eigenvalue weighted by Gasteiger charge is -2.26. The van der Waals surface area contributed by atoms with Gasteiger partial charge in [0, 0.05) is 43.0 Å². The van der Waals surface area contributed by atoms with Crippen molar-refractivity contribution in [3.63, 3.8) is 0 Å². The molecule has 2 heterocycles. The van der Waals surface area contributed by atoms with Crippen molar-refractivity contribution >= 4 is 46.5 Å². The minimum absolute atomic E-state index is 0.0837. The number of halogens is 2. The first kappa shape index (κ1) is 21.4. The molecule has 1 saturated heterocycles. The summed E-state index contributed by atoms with van der Waals surface area (Å²) in [4.78, 5) is 30.4. The molecule has 3 rings (SSSR count). The fraction of sp³-hybridized carbons (Fsp3) is 0.350. The van der Waals surface area contributed by atoms with Gasteiger partial charge in [0.2, 0.25) is 5.91 Å². The zero-order chi connectivity index (χ0) is 20.6. The van der Waals surface area contributed by atoms with E-state index in [0.717, 1.165) is 0 Å². The Bertz CT molecular complexity index is 855. The number of hydrogen-bond acceptors (Lipinski definition) is 5. The second-order valence-electron chi connectivity index (χ2n) is 6.54. The number of nitrogens with one attached hydrogen (secondary N) is 2. The van der Waals surface area contributed by atoms with Gasteiger partial charge in [-0.1, -0.05) is 23.2 Å². The van der Waals surface area contributed by atoms with Gasteiger partial charge in [-0.05, 0) is 36.8 Å². The van der Waals surface area contributed by atoms with Gasteiger partial charge < -0.3 is 20.3 Å². The maximum atomic E-state index is 12.5. The second-order valence-corrected chi connectivity index (χ2v) is 7.39. The zero-order valence-corrected chi connectivity index (χ0v) is 17.3. The molecule has 2 aromatic rings. The Kier molecular flexibility index (Phi) is 7.69. The van der Waals surface area contributed by atoms with Crippen LogP contribution in [0, 0.1) is 0 Å². The average molecular weight is 437 g/mol. The monoisotopic (exact) mass is 436 g/mol. The van der Waals surface area contributed by atoms with Crippen molar-refractivity contribution in [3.8, 4) is 0 Å². The van der Waals surface area contributed by atoms with E-state index in [0.29, 0.717) is 72.8 Å². The Labute approximate surface area is 179 Å². The van der Waals surface area contributed by atoms with E-state index in [1.54, 1.807) is 35.2 Å². The first-order valence-corrected chi connectivity index (χ1v) is 10.1. The molecule has 2 amide bonds. The van der Waals surface area contributed by atoms with Gasteiger partial charge in [-0.15, -0.1) is 0 Å². The lowest BCUT2D eigenvalue weighted by atomic mass is 10.2. The third-order valence-corrected chi connectivity index (χ3v) is 4.93. The number of hydrogen-bond donors (Lipinski definition) is 2. The van der Waals surface area contributed by atoms with Crippen molar-refractivity contribution in [2.45, 2.75) is 12.8 Å². The number of benzene rings is 1. The van der Waals surface area contributed by atoms with Crippen LogP contribution in [0.15, 0.2) is 36.5 Å². The van der Waals surface area contributed by atoms with Crippen LogP contribution in [0.1, 0.15) is 23.2 Å². The number of carbonyl (C=O) groups is 2. The molecule has 1 aromatic heterocycles. The Morgan fingerprint density at radius 2 is 1.86 bits per heavy atom. The minimum Gasteiger partial charge on any atom is -0.378 e. The van der Waals surface area contributed by atoms with Crippen LogP contribution in [-0.2, 0) is 9.53 Å². The largest absolute Gasteiger partial charge is 0.378 e. The molecule has 2 N–H and O–H groups in total. The predicted octanol–water partition coefficient (Wildman–Crippen LogP) is 3.69. The van der Waals surface area contributed by atoms with Gasteiger partial charge in [0.05, 0.1) is 23.8 Å². The summed E-state index contributed by atoms with van der Waals surface area (Å²) >= 11 is 12.1. The minimum atomic E-state index is -0.104. The number of rotatable bonds is 7. The Hall–Kier alpha value is -2.35. The molecule has 1 fully saturated rings. The number of carbonyl (C=O) groups excluding carboxylic acids is 2. The van der Waals surface area contributed by atoms with E-state index in [1.807, 2.05) is 0 Å². The molecule has 29 heavy (non-hydrogen) atoms. The molecular formula is C20H22Cl2N4O3. The molecular weight excluding hydrogens is 415 g/mol. The summed E-state index contributed by atoms with van der Waals surface area (Å²) in [5, 5.41) is 6.90. The van der Waals surface area contributed by atoms with Crippen molar-refractivity contribution in [3.05, 3.63) is 52.1 Å². The average Bonchev–Trinajstić information content (AvgIpc) is 2.74. The molecule has 1 aliphatic heterocycles. The molecule has 0 atom stereocenters. The highest BCUT2D eigenvalue weighted by molar-refractivity contribution is 6.33. The van der Waals surface area contributed by atoms with E-state index >= 15 is 0 Å². The maximum Gasteiger partial charge on any atom is 0.255 e. The summed E-state index contributed by atoms with van der Waals surface area (Å²) in [7, 11) is 0. The number of amides is 2. The van der Waals surface area contributed by atoms with Crippen molar-refractivity contribution in [1.82, 2.24) is 9.88 Å². The van der Waals surface area contributed by atoms with Crippen molar-refractivity contribution in [1.29, 1.82) is 0 Å². The summed E-state index contributed by atoms with van der Waals surface area (Å²) in [5.41, 5.74) is 1.15. The van der Waals surface area contributed by atoms with Crippen LogP contribution >= 0.6 is 23.2 Å². The first-order chi connectivity index (χ1) is 14.0. The summed E-state index contributed by atoms with van der Waals surface area (Å²) in [5.74, 6) is 0.302. The van der Waals surface area contributed by atoms with Gasteiger partial charge in [0.1, 0.15) is 5.82 Å². The smallest absolute Gasteiger partial charge is 0.255 e. The lowest BCUT2D eigenvalue weighted by Crippen LogP contribution is -2.40. The fourth-order valence-electron chi connectivity index (χ4n) is 2.85. The van der Waals surface area contributed by atoms with Crippen LogP contribution in [0.5, 0.6) is 0 Å². The van der Waals surface area contributed by atoms with Crippen LogP contribution in [0.25, 0.3) is 0 Å². The highest BCUT2D eigenvalue weighted by atomic mass is 35.5. The molecule has 1 aromatic carbocycles. The summed E-state index contributed by atoms with van der Waals surface area (Å²) in [6, 6.07) is 8.56. The van der Waals surface area contributed by atoms with E-state index in [-0.39, 0.29) is 11.8 Å². The molecule has 0 unspecified atom stereocenters. The standard InChI is InChI=1S/C20H22Cl2N4O3/c21-15-3-5-16(6-4-15)25-18(27)2-1-7-23-19-17(22)12-14(13-24-19)20(28)26-8-10-29-11-9-26/h3-6,12-13H,1-2,7-11H2,(H,23,24)(H,25,27). The quantitative estimate of drug-likeness (QED) is 0.646. The number of anilines is 2. The van der Waals surface area contributed by atoms with E-state index in [4.69, 9.17) is 27.9 Å². The van der Waals surface area contributed by atoms with Crippen molar-refractivity contribution in [2.24, 2.45) is 0 Å². The Morgan fingerprint density at radius 1 is 1.14 bits per heavy atom. The SMILES string of the molecule is O=C(CCCNc1ncc(C(=O)N2CCOCC2)cc1Cl)Nc1ccc(Cl)cc1. The highest BCUT2D eigenvalue weighted by Crippen LogP contribution is 2.21. The molecule has 9 heteroatoms. The predicted molar refractivity (Wildman–Crippen MR) is 114 cm³/mol. The van der Waals surface area contributed by atoms with Crippen LogP contribution in [0.2, 0.25) is 10.0 Å². The van der Waals surface area contributed by atoms with Gasteiger partial charge in [-0.2, -0.15) is 0 Å². The summed E-state index contributed by atoms with van der Waals surface area (Å²) in [6.07, 6.45) is 2.46. The van der Waals surface area contributed by atoms with Crippen molar-refractivity contribution < 1.29 is 14.3 Å². The van der Waals surface area contributed by atoms with Gasteiger partial charge in [0.15, 0.2) is 0 Å². The molecule has 0 bridgehead atoms. The zero-order valence-electron chi connectivity index (χ0n) is 15.8. The topological polar surface area (TPSA) is 83.6 Å². The highest BCUT2D eigenvalue weighted by Gasteiger charge is 2.19. The van der Waals surface area contributed by atoms with Gasteiger partial charge in [-0.3, -0.25) is 9.59 Å². The number of aromatic nitrogens is 1. The summed E-state index contributed by atoms with van der Waals surface area (Å²) in [6.45, 7) is 2.73. The molecule has 0 radical (unpaired) electrons. The molecule has 0 spiro atoms. The van der Waals surface area contributed by atoms with Gasteiger partial charge in [0.25, 0.3) is 5.91 Å². The Morgan fingerprint density at radius 3 is 2.55 bits per heavy atom. The van der Waals surface area contributed by atoms with E-state index in [1.165, 1.54) is 6.20 Å². The summed E-state index contributed by atoms with van der Waals surface area (Å²) < 4.78 is 5.26. The third kappa shape index (κ3) is 6.32. The number of ether oxygens (including phenoxy) is 1. The maximum absolute atomic E-state index is 12.5. The lowest BCUT2D eigenvalue weighted by molar-refractivity contribution is -0.116. The molecule has 7 nitrogen and oxygen atoms in total. The van der Waals surface area contributed by atoms with Crippen LogP contribution in [0.3, 0.4) is 0 Å². The van der Waals surface area contributed by atoms with Gasteiger partial charge in [-0.25, -0.2) is 4.98 Å². The molecule has 1 aliphatic rings. The number of pyridine rings is 1. The normalized spacial score (nSPS) is 13.8. The van der Waals surface area contributed by atoms with Gasteiger partial charge >= 0.3 is 0 Å². The van der Waals surface area contributed by atoms with Crippen LogP contribution in [-0.4, -0.2) is 54.5 Å². The number of nitrogens with zero attached hydrogens (tertiary/aromatic N) is 2. The van der Waals surface area contributed by atoms with E-state index in [9.17, 15) is 9.59 Å². The van der Waals surface area contributed by atoms with Crippen LogP contribution in [0.4, 0.5) is 11.5 Å². The third-order valence-electron chi connectivity index (χ3n) is 4.39. The Balaban J connectivity index is 1.44. The number of morpholine rings is 1. The van der Waals surface area contributed by atoms with E-state index < -0.39 is 0 Å². The molecule has 0 aliphatic carbocycles. The van der Waals surface area contributed by atoms with Crippen molar-refractivity contribution in [2.75, 3.05) is 43.5 Å². The second kappa shape index (κ2) is 10.4. The molecule has 0 saturated carbocycles. The fourth-order valence-corrected chi connectivity index (χ4v) is 3.21. The molecule has 154 valence electrons.